The first-order valence-corrected chi connectivity index (χ1v) is 20.0. The fourth-order valence-electron chi connectivity index (χ4n) is 6.15. The quantitative estimate of drug-likeness (QED) is 0.177. The molecule has 0 aromatic rings. The van der Waals surface area contributed by atoms with Gasteiger partial charge in [-0.3, -0.25) is 0 Å². The molecule has 0 bridgehead atoms. The van der Waals surface area contributed by atoms with Gasteiger partial charge in [-0.05, 0) is 164 Å². The molecule has 0 atom stereocenters. The maximum absolute atomic E-state index is 11.8. The molecular formula is C39H76N6O8. The highest BCUT2D eigenvalue weighted by molar-refractivity contribution is 5.69. The molecule has 5 N–H and O–H groups in total. The van der Waals surface area contributed by atoms with Crippen LogP contribution in [0.1, 0.15) is 127 Å². The van der Waals surface area contributed by atoms with Crippen molar-refractivity contribution in [2.24, 2.45) is 23.5 Å². The number of nitrogens with two attached hydrogens (primary N) is 1. The van der Waals surface area contributed by atoms with E-state index in [1.165, 1.54) is 12.8 Å². The van der Waals surface area contributed by atoms with Crippen molar-refractivity contribution in [1.29, 1.82) is 0 Å². The Balaban J connectivity index is 0.000000407. The molecular weight excluding hydrogens is 680 g/mol. The molecule has 0 aromatic carbocycles. The van der Waals surface area contributed by atoms with Crippen LogP contribution in [-0.4, -0.2) is 116 Å². The van der Waals surface area contributed by atoms with Crippen LogP contribution >= 0.6 is 0 Å². The number of hydrogen-bond acceptors (Lipinski definition) is 10. The molecule has 3 heterocycles. The van der Waals surface area contributed by atoms with E-state index in [9.17, 15) is 19.2 Å². The van der Waals surface area contributed by atoms with Crippen LogP contribution in [0.15, 0.2) is 0 Å². The predicted molar refractivity (Wildman–Crippen MR) is 209 cm³/mol. The summed E-state index contributed by atoms with van der Waals surface area (Å²) in [6, 6.07) is 0. The van der Waals surface area contributed by atoms with E-state index >= 15 is 0 Å². The molecule has 3 saturated heterocycles. The van der Waals surface area contributed by atoms with E-state index in [1.54, 1.807) is 9.80 Å². The number of alkyl carbamates (subject to hydrolysis) is 2. The fraction of sp³-hybridized carbons (Fsp3) is 0.897. The van der Waals surface area contributed by atoms with Crippen molar-refractivity contribution in [2.45, 2.75) is 150 Å². The van der Waals surface area contributed by atoms with Gasteiger partial charge in [-0.15, -0.1) is 0 Å². The van der Waals surface area contributed by atoms with Crippen LogP contribution < -0.4 is 21.7 Å². The van der Waals surface area contributed by atoms with Crippen LogP contribution in [0, 0.1) is 17.8 Å². The third-order valence-electron chi connectivity index (χ3n) is 8.89. The molecule has 0 aromatic heterocycles. The van der Waals surface area contributed by atoms with Crippen LogP contribution in [0.4, 0.5) is 19.2 Å². The van der Waals surface area contributed by atoms with Gasteiger partial charge >= 0.3 is 24.4 Å². The van der Waals surface area contributed by atoms with Gasteiger partial charge in [0.15, 0.2) is 0 Å². The van der Waals surface area contributed by atoms with Gasteiger partial charge in [0, 0.05) is 39.3 Å². The summed E-state index contributed by atoms with van der Waals surface area (Å²) in [5.41, 5.74) is 4.64. The molecule has 3 aliphatic rings. The van der Waals surface area contributed by atoms with E-state index in [-0.39, 0.29) is 36.6 Å². The zero-order valence-electron chi connectivity index (χ0n) is 34.9. The SMILES string of the molecule is CC(C)(C)OC(=O)NCCC1CCNCC1.CC(C)OC(=O)N1CCC(CCN)CC1.CC(C)OC(=O)N1CCC(CCNC(=O)OC(C)(C)C)CC1. The van der Waals surface area contributed by atoms with Crippen molar-refractivity contribution < 1.29 is 38.1 Å². The second kappa shape index (κ2) is 25.1. The summed E-state index contributed by atoms with van der Waals surface area (Å²) < 4.78 is 20.7. The van der Waals surface area contributed by atoms with Crippen LogP contribution in [0.25, 0.3) is 0 Å². The monoisotopic (exact) mass is 757 g/mol. The lowest BCUT2D eigenvalue weighted by Gasteiger charge is -2.31. The van der Waals surface area contributed by atoms with E-state index in [0.717, 1.165) is 103 Å². The van der Waals surface area contributed by atoms with Gasteiger partial charge in [0.2, 0.25) is 0 Å². The van der Waals surface area contributed by atoms with Crippen molar-refractivity contribution in [1.82, 2.24) is 25.8 Å². The summed E-state index contributed by atoms with van der Waals surface area (Å²) in [7, 11) is 0. The normalized spacial score (nSPS) is 17.5. The highest BCUT2D eigenvalue weighted by atomic mass is 16.6. The third-order valence-corrected chi connectivity index (χ3v) is 8.89. The van der Waals surface area contributed by atoms with Crippen LogP contribution in [0.5, 0.6) is 0 Å². The van der Waals surface area contributed by atoms with Gasteiger partial charge in [0.05, 0.1) is 12.2 Å². The predicted octanol–water partition coefficient (Wildman–Crippen LogP) is 6.65. The number of piperidine rings is 3. The highest BCUT2D eigenvalue weighted by Gasteiger charge is 2.25. The Morgan fingerprint density at radius 1 is 0.623 bits per heavy atom. The molecule has 0 spiro atoms. The summed E-state index contributed by atoms with van der Waals surface area (Å²) in [5, 5.41) is 8.92. The Hall–Kier alpha value is -3.00. The lowest BCUT2D eigenvalue weighted by molar-refractivity contribution is 0.0509. The second-order valence-corrected chi connectivity index (χ2v) is 16.9. The van der Waals surface area contributed by atoms with Crippen LogP contribution in [-0.2, 0) is 18.9 Å². The van der Waals surface area contributed by atoms with E-state index < -0.39 is 11.2 Å². The van der Waals surface area contributed by atoms with Crippen molar-refractivity contribution in [3.8, 4) is 0 Å². The zero-order chi connectivity index (χ0) is 40.0. The molecule has 0 unspecified atom stereocenters. The molecule has 3 aliphatic heterocycles. The number of carbonyl (C=O) groups is 4. The van der Waals surface area contributed by atoms with E-state index in [0.29, 0.717) is 18.4 Å². The first-order valence-electron chi connectivity index (χ1n) is 20.0. The van der Waals surface area contributed by atoms with Gasteiger partial charge in [-0.25, -0.2) is 19.2 Å². The number of likely N-dealkylation sites (tertiary alicyclic amines) is 2. The van der Waals surface area contributed by atoms with Crippen molar-refractivity contribution in [2.75, 3.05) is 58.9 Å². The molecule has 14 heteroatoms. The average molecular weight is 757 g/mol. The van der Waals surface area contributed by atoms with Gasteiger partial charge in [-0.2, -0.15) is 0 Å². The van der Waals surface area contributed by atoms with Crippen LogP contribution in [0.3, 0.4) is 0 Å². The van der Waals surface area contributed by atoms with Gasteiger partial charge in [0.25, 0.3) is 0 Å². The van der Waals surface area contributed by atoms with Gasteiger partial charge in [-0.1, -0.05) is 0 Å². The molecule has 3 rings (SSSR count). The van der Waals surface area contributed by atoms with Crippen molar-refractivity contribution >= 4 is 24.4 Å². The van der Waals surface area contributed by atoms with Crippen molar-refractivity contribution in [3.63, 3.8) is 0 Å². The largest absolute Gasteiger partial charge is 0.447 e. The molecule has 310 valence electrons. The molecule has 4 amide bonds. The van der Waals surface area contributed by atoms with Crippen LogP contribution in [0.2, 0.25) is 0 Å². The minimum Gasteiger partial charge on any atom is -0.447 e. The Kier molecular flexibility index (Phi) is 22.8. The minimum absolute atomic E-state index is 0.0285. The lowest BCUT2D eigenvalue weighted by Crippen LogP contribution is -2.40. The van der Waals surface area contributed by atoms with Gasteiger partial charge in [0.1, 0.15) is 11.2 Å². The molecule has 0 aliphatic carbocycles. The zero-order valence-corrected chi connectivity index (χ0v) is 34.9. The number of nitrogens with one attached hydrogen (secondary N) is 3. The average Bonchev–Trinajstić information content (AvgIpc) is 3.04. The third kappa shape index (κ3) is 24.8. The molecule has 3 fully saturated rings. The summed E-state index contributed by atoms with van der Waals surface area (Å²) in [6.07, 6.45) is 8.32. The highest BCUT2D eigenvalue weighted by Crippen LogP contribution is 2.22. The van der Waals surface area contributed by atoms with Crippen molar-refractivity contribution in [3.05, 3.63) is 0 Å². The number of amides is 4. The van der Waals surface area contributed by atoms with E-state index in [1.807, 2.05) is 69.2 Å². The standard InChI is InChI=1S/C16H30N2O4.C12H24N2O2.C11H22N2O2/c1-12(2)21-15(20)18-10-7-13(8-11-18)6-9-17-14(19)22-16(3,4)5;1-12(2,3)16-11(15)14-9-6-10-4-7-13-8-5-10;1-9(2)15-11(14)13-7-4-10(3-6-12)5-8-13/h12-13H,6-11H2,1-5H3,(H,17,19);10,13H,4-9H2,1-3H3,(H,14,15);9-10H,3-8,12H2,1-2H3. The first-order chi connectivity index (χ1) is 24.8. The second-order valence-electron chi connectivity index (χ2n) is 16.9. The lowest BCUT2D eigenvalue weighted by atomic mass is 9.94. The summed E-state index contributed by atoms with van der Waals surface area (Å²) >= 11 is 0. The molecule has 14 nitrogen and oxygen atoms in total. The Morgan fingerprint density at radius 2 is 0.962 bits per heavy atom. The summed E-state index contributed by atoms with van der Waals surface area (Å²) in [6.45, 7) is 26.0. The maximum Gasteiger partial charge on any atom is 0.410 e. The first kappa shape index (κ1) is 48.0. The molecule has 0 radical (unpaired) electrons. The maximum atomic E-state index is 11.8. The molecule has 53 heavy (non-hydrogen) atoms. The number of hydrogen-bond donors (Lipinski definition) is 4. The topological polar surface area (TPSA) is 174 Å². The van der Waals surface area contributed by atoms with Gasteiger partial charge < -0.3 is 50.4 Å². The summed E-state index contributed by atoms with van der Waals surface area (Å²) in [5.74, 6) is 1.97. The summed E-state index contributed by atoms with van der Waals surface area (Å²) in [4.78, 5) is 49.8. The number of carbonyl (C=O) groups excluding carboxylic acids is 4. The minimum atomic E-state index is -0.466. The molecule has 0 saturated carbocycles. The van der Waals surface area contributed by atoms with E-state index in [4.69, 9.17) is 24.7 Å². The number of rotatable bonds is 10. The Bertz CT molecular complexity index is 1040. The van der Waals surface area contributed by atoms with E-state index in [2.05, 4.69) is 16.0 Å². The number of ether oxygens (including phenoxy) is 4. The Labute approximate surface area is 320 Å². The number of nitrogens with zero attached hydrogens (tertiary/aromatic N) is 2. The fourth-order valence-corrected chi connectivity index (χ4v) is 6.15. The smallest absolute Gasteiger partial charge is 0.410 e. The Morgan fingerprint density at radius 3 is 1.28 bits per heavy atom.